The van der Waals surface area contributed by atoms with Crippen LogP contribution in [0.25, 0.3) is 0 Å². The Kier molecular flexibility index (Phi) is 5.34. The van der Waals surface area contributed by atoms with E-state index in [1.54, 1.807) is 16.9 Å². The molecule has 1 unspecified atom stereocenters. The molecular weight excluding hydrogens is 218 g/mol. The number of ether oxygens (including phenoxy) is 1. The molecule has 0 spiro atoms. The summed E-state index contributed by atoms with van der Waals surface area (Å²) in [6, 6.07) is 1.71. The Labute approximate surface area is 92.8 Å². The van der Waals surface area contributed by atoms with Gasteiger partial charge in [0.1, 0.15) is 6.61 Å². The summed E-state index contributed by atoms with van der Waals surface area (Å²) in [7, 11) is 0. The van der Waals surface area contributed by atoms with E-state index in [4.69, 9.17) is 4.74 Å². The van der Waals surface area contributed by atoms with Crippen molar-refractivity contribution in [1.29, 1.82) is 0 Å². The van der Waals surface area contributed by atoms with Crippen molar-refractivity contribution in [2.45, 2.75) is 32.4 Å². The van der Waals surface area contributed by atoms with Crippen molar-refractivity contribution in [3.8, 4) is 0 Å². The van der Waals surface area contributed by atoms with Crippen LogP contribution in [-0.2, 0) is 11.3 Å². The molecule has 0 aromatic carbocycles. The number of hydrogen-bond donors (Lipinski definition) is 1. The van der Waals surface area contributed by atoms with Crippen LogP contribution in [0.2, 0.25) is 0 Å². The van der Waals surface area contributed by atoms with Gasteiger partial charge in [-0.2, -0.15) is 5.10 Å². The molecule has 1 atom stereocenters. The zero-order valence-corrected chi connectivity index (χ0v) is 9.14. The van der Waals surface area contributed by atoms with Gasteiger partial charge < -0.3 is 9.84 Å². The quantitative estimate of drug-likeness (QED) is 0.729. The summed E-state index contributed by atoms with van der Waals surface area (Å²) in [6.07, 6.45) is -1.29. The van der Waals surface area contributed by atoms with E-state index < -0.39 is 19.1 Å². The van der Waals surface area contributed by atoms with E-state index in [0.717, 1.165) is 0 Å². The third kappa shape index (κ3) is 3.86. The van der Waals surface area contributed by atoms with Crippen molar-refractivity contribution >= 4 is 0 Å². The highest BCUT2D eigenvalue weighted by molar-refractivity contribution is 5.04. The lowest BCUT2D eigenvalue weighted by Gasteiger charge is -2.12. The number of halogens is 2. The normalized spacial score (nSPS) is 13.3. The first-order valence-corrected chi connectivity index (χ1v) is 5.20. The van der Waals surface area contributed by atoms with Gasteiger partial charge in [-0.05, 0) is 13.0 Å². The molecule has 1 heterocycles. The molecule has 0 radical (unpaired) electrons. The van der Waals surface area contributed by atoms with Gasteiger partial charge in [0, 0.05) is 25.8 Å². The fourth-order valence-electron chi connectivity index (χ4n) is 1.41. The van der Waals surface area contributed by atoms with Crippen molar-refractivity contribution in [1.82, 2.24) is 9.78 Å². The molecule has 0 fully saturated rings. The monoisotopic (exact) mass is 234 g/mol. The smallest absolute Gasteiger partial charge is 0.261 e. The van der Waals surface area contributed by atoms with Crippen molar-refractivity contribution < 1.29 is 18.6 Å². The molecule has 1 rings (SSSR count). The molecular formula is C10H16F2N2O2. The van der Waals surface area contributed by atoms with E-state index in [0.29, 0.717) is 18.7 Å². The Hall–Kier alpha value is -1.01. The molecule has 0 aliphatic carbocycles. The second-order valence-corrected chi connectivity index (χ2v) is 3.34. The molecule has 0 bridgehead atoms. The van der Waals surface area contributed by atoms with Crippen LogP contribution in [0.1, 0.15) is 25.1 Å². The predicted octanol–water partition coefficient (Wildman–Crippen LogP) is 1.61. The van der Waals surface area contributed by atoms with E-state index >= 15 is 0 Å². The summed E-state index contributed by atoms with van der Waals surface area (Å²) in [4.78, 5) is 0. The topological polar surface area (TPSA) is 47.3 Å². The van der Waals surface area contributed by atoms with Gasteiger partial charge in [0.25, 0.3) is 6.43 Å². The minimum atomic E-state index is -2.46. The average Bonchev–Trinajstić information content (AvgIpc) is 2.71. The average molecular weight is 234 g/mol. The number of hydrogen-bond acceptors (Lipinski definition) is 3. The van der Waals surface area contributed by atoms with Crippen LogP contribution < -0.4 is 0 Å². The summed E-state index contributed by atoms with van der Waals surface area (Å²) >= 11 is 0. The molecule has 0 aliphatic heterocycles. The van der Waals surface area contributed by atoms with Crippen LogP contribution in [0.3, 0.4) is 0 Å². The van der Waals surface area contributed by atoms with Crippen LogP contribution in [-0.4, -0.2) is 34.5 Å². The summed E-state index contributed by atoms with van der Waals surface area (Å²) in [5.41, 5.74) is 0.683. The zero-order chi connectivity index (χ0) is 12.0. The van der Waals surface area contributed by atoms with E-state index in [2.05, 4.69) is 5.10 Å². The number of aliphatic hydroxyl groups is 1. The second-order valence-electron chi connectivity index (χ2n) is 3.34. The molecule has 0 amide bonds. The van der Waals surface area contributed by atoms with Gasteiger partial charge in [0.05, 0.1) is 11.8 Å². The lowest BCUT2D eigenvalue weighted by atomic mass is 10.2. The highest BCUT2D eigenvalue weighted by Crippen LogP contribution is 2.15. The second kappa shape index (κ2) is 6.55. The summed E-state index contributed by atoms with van der Waals surface area (Å²) in [5, 5.41) is 13.8. The maximum absolute atomic E-state index is 11.7. The van der Waals surface area contributed by atoms with E-state index in [1.165, 1.54) is 0 Å². The van der Waals surface area contributed by atoms with Crippen LogP contribution in [0.15, 0.2) is 12.3 Å². The van der Waals surface area contributed by atoms with Crippen LogP contribution in [0, 0.1) is 0 Å². The van der Waals surface area contributed by atoms with Crippen LogP contribution in [0.5, 0.6) is 0 Å². The van der Waals surface area contributed by atoms with Gasteiger partial charge in [-0.15, -0.1) is 0 Å². The standard InChI is InChI=1S/C10H16F2N2O2/c1-2-14-8(3-5-13-14)9(15)4-6-16-7-10(11)12/h3,5,9-10,15H,2,4,6-7H2,1H3. The molecule has 1 aromatic heterocycles. The number of rotatable bonds is 7. The lowest BCUT2D eigenvalue weighted by molar-refractivity contribution is 0.00395. The molecule has 0 aliphatic rings. The maximum Gasteiger partial charge on any atom is 0.261 e. The number of aryl methyl sites for hydroxylation is 1. The third-order valence-corrected chi connectivity index (χ3v) is 2.17. The molecule has 4 nitrogen and oxygen atoms in total. The number of alkyl halides is 2. The Balaban J connectivity index is 2.32. The Morgan fingerprint density at radius 1 is 1.56 bits per heavy atom. The number of aromatic nitrogens is 2. The fraction of sp³-hybridized carbons (Fsp3) is 0.700. The van der Waals surface area contributed by atoms with Crippen LogP contribution in [0.4, 0.5) is 8.78 Å². The van der Waals surface area contributed by atoms with Crippen LogP contribution >= 0.6 is 0 Å². The van der Waals surface area contributed by atoms with Gasteiger partial charge in [0.15, 0.2) is 0 Å². The maximum atomic E-state index is 11.7. The predicted molar refractivity (Wildman–Crippen MR) is 54.3 cm³/mol. The molecule has 16 heavy (non-hydrogen) atoms. The molecule has 1 N–H and O–H groups in total. The number of aliphatic hydroxyl groups excluding tert-OH is 1. The van der Waals surface area contributed by atoms with E-state index in [-0.39, 0.29) is 6.61 Å². The fourth-order valence-corrected chi connectivity index (χ4v) is 1.41. The molecule has 92 valence electrons. The zero-order valence-electron chi connectivity index (χ0n) is 9.14. The van der Waals surface area contributed by atoms with Gasteiger partial charge >= 0.3 is 0 Å². The van der Waals surface area contributed by atoms with Crippen molar-refractivity contribution in [2.24, 2.45) is 0 Å². The third-order valence-electron chi connectivity index (χ3n) is 2.17. The minimum absolute atomic E-state index is 0.112. The van der Waals surface area contributed by atoms with Gasteiger partial charge in [-0.25, -0.2) is 8.78 Å². The first-order valence-electron chi connectivity index (χ1n) is 5.20. The van der Waals surface area contributed by atoms with E-state index in [9.17, 15) is 13.9 Å². The minimum Gasteiger partial charge on any atom is -0.387 e. The molecule has 1 aromatic rings. The SMILES string of the molecule is CCn1nccc1C(O)CCOCC(F)F. The number of nitrogens with zero attached hydrogens (tertiary/aromatic N) is 2. The Morgan fingerprint density at radius 2 is 2.31 bits per heavy atom. The first-order chi connectivity index (χ1) is 7.65. The van der Waals surface area contributed by atoms with Gasteiger partial charge in [-0.1, -0.05) is 0 Å². The van der Waals surface area contributed by atoms with Crippen molar-refractivity contribution in [2.75, 3.05) is 13.2 Å². The van der Waals surface area contributed by atoms with E-state index in [1.807, 2.05) is 6.92 Å². The van der Waals surface area contributed by atoms with Crippen molar-refractivity contribution in [3.05, 3.63) is 18.0 Å². The highest BCUT2D eigenvalue weighted by Gasteiger charge is 2.12. The molecule has 6 heteroatoms. The van der Waals surface area contributed by atoms with Gasteiger partial charge in [0.2, 0.25) is 0 Å². The van der Waals surface area contributed by atoms with Gasteiger partial charge in [-0.3, -0.25) is 4.68 Å². The molecule has 0 saturated carbocycles. The summed E-state index contributed by atoms with van der Waals surface area (Å²) in [5.74, 6) is 0. The Bertz CT molecular complexity index is 305. The highest BCUT2D eigenvalue weighted by atomic mass is 19.3. The van der Waals surface area contributed by atoms with Crippen molar-refractivity contribution in [3.63, 3.8) is 0 Å². The molecule has 0 saturated heterocycles. The summed E-state index contributed by atoms with van der Waals surface area (Å²) in [6.45, 7) is 2.11. The first kappa shape index (κ1) is 13.1. The summed E-state index contributed by atoms with van der Waals surface area (Å²) < 4.78 is 29.9. The Morgan fingerprint density at radius 3 is 2.94 bits per heavy atom. The largest absolute Gasteiger partial charge is 0.387 e. The lowest BCUT2D eigenvalue weighted by Crippen LogP contribution is -2.12.